The lowest BCUT2D eigenvalue weighted by molar-refractivity contribution is 0.231. The maximum Gasteiger partial charge on any atom is 0.155 e. The molecule has 0 bridgehead atoms. The van der Waals surface area contributed by atoms with Gasteiger partial charge in [0, 0.05) is 17.2 Å². The molecule has 1 aromatic rings. The average molecular weight is 299 g/mol. The van der Waals surface area contributed by atoms with Crippen molar-refractivity contribution in [3.05, 3.63) is 29.6 Å². The van der Waals surface area contributed by atoms with E-state index in [1.165, 1.54) is 30.0 Å². The number of anilines is 1. The molecule has 0 saturated heterocycles. The fraction of sp³-hybridized carbons (Fsp3) is 0.462. The van der Waals surface area contributed by atoms with Crippen molar-refractivity contribution in [3.63, 3.8) is 0 Å². The molecular weight excluding hydrogens is 284 g/mol. The van der Waals surface area contributed by atoms with E-state index in [-0.39, 0.29) is 23.3 Å². The van der Waals surface area contributed by atoms with Gasteiger partial charge in [0.15, 0.2) is 5.17 Å². The van der Waals surface area contributed by atoms with E-state index in [1.807, 2.05) is 0 Å². The third-order valence-corrected chi connectivity index (χ3v) is 5.43. The lowest BCUT2D eigenvalue weighted by Crippen LogP contribution is -2.41. The number of hydrogen-bond acceptors (Lipinski definition) is 5. The minimum Gasteiger partial charge on any atom is -0.399 e. The smallest absolute Gasteiger partial charge is 0.155 e. The Labute approximate surface area is 119 Å². The number of alkyl halides is 1. The topological polar surface area (TPSA) is 84.6 Å². The maximum atomic E-state index is 14.1. The highest BCUT2D eigenvalue weighted by Crippen LogP contribution is 2.65. The monoisotopic (exact) mass is 299 g/mol. The van der Waals surface area contributed by atoms with Crippen LogP contribution < -0.4 is 11.5 Å². The van der Waals surface area contributed by atoms with Crippen LogP contribution >= 0.6 is 11.8 Å². The van der Waals surface area contributed by atoms with E-state index >= 15 is 0 Å². The standard InChI is InChI=1S/C13H15F2N3OS/c14-5-13(8-3-7(16)1-2-9(8)15)10-4-12(10,6-19)20-11(17)18-13/h1-3,10,19H,4-6,16H2,(H2,17,18)/t10-,12+,13+/m0/s1. The van der Waals surface area contributed by atoms with Crippen LogP contribution in [0.4, 0.5) is 14.5 Å². The molecule has 3 rings (SSSR count). The summed E-state index contributed by atoms with van der Waals surface area (Å²) in [6, 6.07) is 4.03. The van der Waals surface area contributed by atoms with Gasteiger partial charge in [0.05, 0.1) is 11.4 Å². The number of aliphatic hydroxyl groups is 1. The first-order valence-electron chi connectivity index (χ1n) is 6.24. The third kappa shape index (κ3) is 1.73. The number of aliphatic hydroxyl groups excluding tert-OH is 1. The van der Waals surface area contributed by atoms with Crippen LogP contribution in [0.3, 0.4) is 0 Å². The van der Waals surface area contributed by atoms with E-state index in [1.54, 1.807) is 0 Å². The Morgan fingerprint density at radius 1 is 1.45 bits per heavy atom. The Kier molecular flexibility index (Phi) is 2.95. The maximum absolute atomic E-state index is 14.1. The molecule has 7 heteroatoms. The number of amidine groups is 1. The zero-order valence-electron chi connectivity index (χ0n) is 10.6. The van der Waals surface area contributed by atoms with E-state index in [0.29, 0.717) is 12.1 Å². The Morgan fingerprint density at radius 2 is 2.20 bits per heavy atom. The number of benzene rings is 1. The minimum atomic E-state index is -1.38. The minimum absolute atomic E-state index is 0.114. The highest BCUT2D eigenvalue weighted by Gasteiger charge is 2.68. The summed E-state index contributed by atoms with van der Waals surface area (Å²) in [6.07, 6.45) is 0.552. The molecule has 1 heterocycles. The van der Waals surface area contributed by atoms with Gasteiger partial charge in [-0.3, -0.25) is 0 Å². The number of nitrogen functional groups attached to an aromatic ring is 1. The van der Waals surface area contributed by atoms with Crippen molar-refractivity contribution in [1.82, 2.24) is 0 Å². The van der Waals surface area contributed by atoms with E-state index in [4.69, 9.17) is 11.5 Å². The second kappa shape index (κ2) is 4.33. The summed E-state index contributed by atoms with van der Waals surface area (Å²) in [7, 11) is 0. The molecule has 0 radical (unpaired) electrons. The SMILES string of the molecule is NC1=N[C@](CF)(c2cc(N)ccc2F)[C@H]2C[C@]2(CO)S1. The van der Waals surface area contributed by atoms with Gasteiger partial charge >= 0.3 is 0 Å². The van der Waals surface area contributed by atoms with Gasteiger partial charge in [-0.1, -0.05) is 11.8 Å². The van der Waals surface area contributed by atoms with Crippen LogP contribution in [0.2, 0.25) is 0 Å². The predicted octanol–water partition coefficient (Wildman–Crippen LogP) is 1.39. The quantitative estimate of drug-likeness (QED) is 0.736. The Hall–Kier alpha value is -1.34. The van der Waals surface area contributed by atoms with Gasteiger partial charge in [-0.05, 0) is 24.6 Å². The molecule has 1 aliphatic heterocycles. The van der Waals surface area contributed by atoms with E-state index in [0.717, 1.165) is 0 Å². The normalized spacial score (nSPS) is 35.4. The van der Waals surface area contributed by atoms with Gasteiger partial charge < -0.3 is 16.6 Å². The molecule has 1 saturated carbocycles. The summed E-state index contributed by atoms with van der Waals surface area (Å²) in [5.41, 5.74) is 10.5. The summed E-state index contributed by atoms with van der Waals surface area (Å²) in [5, 5.41) is 9.71. The van der Waals surface area contributed by atoms with Gasteiger partial charge in [0.2, 0.25) is 0 Å². The molecule has 4 nitrogen and oxygen atoms in total. The molecule has 0 amide bonds. The van der Waals surface area contributed by atoms with Crippen molar-refractivity contribution >= 4 is 22.6 Å². The first-order chi connectivity index (χ1) is 9.47. The molecular formula is C13H15F2N3OS. The number of aliphatic imine (C=N–C) groups is 1. The van der Waals surface area contributed by atoms with Gasteiger partial charge in [0.1, 0.15) is 18.0 Å². The molecule has 1 fully saturated rings. The summed E-state index contributed by atoms with van der Waals surface area (Å²) in [6.45, 7) is -1.01. The summed E-state index contributed by atoms with van der Waals surface area (Å²) in [5.74, 6) is -0.836. The van der Waals surface area contributed by atoms with Crippen LogP contribution in [0.5, 0.6) is 0 Å². The van der Waals surface area contributed by atoms with Crippen molar-refractivity contribution in [2.24, 2.45) is 16.6 Å². The predicted molar refractivity (Wildman–Crippen MR) is 75.6 cm³/mol. The van der Waals surface area contributed by atoms with Gasteiger partial charge in [0.25, 0.3) is 0 Å². The Bertz CT molecular complexity index is 597. The van der Waals surface area contributed by atoms with Gasteiger partial charge in [-0.15, -0.1) is 0 Å². The molecule has 3 atom stereocenters. The van der Waals surface area contributed by atoms with E-state index < -0.39 is 22.8 Å². The summed E-state index contributed by atoms with van der Waals surface area (Å²) < 4.78 is 27.4. The molecule has 0 aromatic heterocycles. The van der Waals surface area contributed by atoms with Crippen molar-refractivity contribution in [2.45, 2.75) is 16.7 Å². The largest absolute Gasteiger partial charge is 0.399 e. The molecule has 1 aliphatic carbocycles. The highest BCUT2D eigenvalue weighted by atomic mass is 32.2. The van der Waals surface area contributed by atoms with Crippen LogP contribution in [-0.2, 0) is 5.54 Å². The number of nitrogens with two attached hydrogens (primary N) is 2. The van der Waals surface area contributed by atoms with Crippen LogP contribution in [0.1, 0.15) is 12.0 Å². The Morgan fingerprint density at radius 3 is 2.85 bits per heavy atom. The molecule has 108 valence electrons. The van der Waals surface area contributed by atoms with Crippen molar-refractivity contribution in [1.29, 1.82) is 0 Å². The first-order valence-corrected chi connectivity index (χ1v) is 7.06. The van der Waals surface area contributed by atoms with Crippen LogP contribution in [-0.4, -0.2) is 28.3 Å². The number of nitrogens with zero attached hydrogens (tertiary/aromatic N) is 1. The number of rotatable bonds is 3. The summed E-state index contributed by atoms with van der Waals surface area (Å²) in [4.78, 5) is 4.20. The van der Waals surface area contributed by atoms with E-state index in [2.05, 4.69) is 4.99 Å². The zero-order chi connectivity index (χ0) is 14.5. The molecule has 0 unspecified atom stereocenters. The van der Waals surface area contributed by atoms with Gasteiger partial charge in [-0.25, -0.2) is 13.8 Å². The number of fused-ring (bicyclic) bond motifs is 1. The second-order valence-corrected chi connectivity index (χ2v) is 6.76. The third-order valence-electron chi connectivity index (χ3n) is 4.15. The molecule has 1 aromatic carbocycles. The Balaban J connectivity index is 2.17. The van der Waals surface area contributed by atoms with Crippen molar-refractivity contribution < 1.29 is 13.9 Å². The van der Waals surface area contributed by atoms with Gasteiger partial charge in [-0.2, -0.15) is 0 Å². The fourth-order valence-corrected chi connectivity index (χ4v) is 4.31. The van der Waals surface area contributed by atoms with Crippen LogP contribution in [0.15, 0.2) is 23.2 Å². The van der Waals surface area contributed by atoms with Crippen LogP contribution in [0, 0.1) is 11.7 Å². The first kappa shape index (κ1) is 13.6. The van der Waals surface area contributed by atoms with Crippen molar-refractivity contribution in [2.75, 3.05) is 19.0 Å². The second-order valence-electron chi connectivity index (χ2n) is 5.33. The number of halogens is 2. The average Bonchev–Trinajstić information content (AvgIpc) is 3.16. The lowest BCUT2D eigenvalue weighted by atomic mass is 9.84. The van der Waals surface area contributed by atoms with Crippen molar-refractivity contribution in [3.8, 4) is 0 Å². The molecule has 20 heavy (non-hydrogen) atoms. The highest BCUT2D eigenvalue weighted by molar-refractivity contribution is 8.15. The lowest BCUT2D eigenvalue weighted by Gasteiger charge is -2.34. The summed E-state index contributed by atoms with van der Waals surface area (Å²) >= 11 is 1.24. The molecule has 2 aliphatic rings. The zero-order valence-corrected chi connectivity index (χ0v) is 11.5. The molecule has 0 spiro atoms. The molecule has 5 N–H and O–H groups in total. The number of hydrogen-bond donors (Lipinski definition) is 3. The fourth-order valence-electron chi connectivity index (χ4n) is 3.03. The van der Waals surface area contributed by atoms with Crippen LogP contribution in [0.25, 0.3) is 0 Å². The number of thioether (sulfide) groups is 1. The van der Waals surface area contributed by atoms with E-state index in [9.17, 15) is 13.9 Å².